The van der Waals surface area contributed by atoms with Crippen molar-refractivity contribution in [1.82, 2.24) is 18.8 Å². The molecule has 0 amide bonds. The fourth-order valence-electron chi connectivity index (χ4n) is 3.65. The Bertz CT molecular complexity index is 1210. The molecule has 1 aliphatic heterocycles. The van der Waals surface area contributed by atoms with Crippen LogP contribution in [0.1, 0.15) is 11.4 Å². The molecule has 2 aromatic heterocycles. The number of hydrogen-bond acceptors (Lipinski definition) is 6. The Morgan fingerprint density at radius 1 is 1.24 bits per heavy atom. The highest BCUT2D eigenvalue weighted by Crippen LogP contribution is 2.35. The smallest absolute Gasteiger partial charge is 0.199 e. The van der Waals surface area contributed by atoms with Crippen LogP contribution >= 0.6 is 23.1 Å². The lowest BCUT2D eigenvalue weighted by Crippen LogP contribution is -2.25. The van der Waals surface area contributed by atoms with Crippen LogP contribution in [0, 0.1) is 5.82 Å². The highest BCUT2D eigenvalue weighted by atomic mass is 35.5. The predicted molar refractivity (Wildman–Crippen MR) is 112 cm³/mol. The molecule has 3 heterocycles. The van der Waals surface area contributed by atoms with Gasteiger partial charge in [0.05, 0.1) is 17.1 Å². The summed E-state index contributed by atoms with van der Waals surface area (Å²) in [6.45, 7) is 2.49. The summed E-state index contributed by atoms with van der Waals surface area (Å²) < 4.78 is 25.7. The van der Waals surface area contributed by atoms with Crippen molar-refractivity contribution in [3.8, 4) is 11.4 Å². The van der Waals surface area contributed by atoms with Crippen molar-refractivity contribution in [1.29, 1.82) is 0 Å². The molecule has 5 rings (SSSR count). The Morgan fingerprint density at radius 2 is 2.14 bits per heavy atom. The van der Waals surface area contributed by atoms with E-state index in [0.717, 1.165) is 28.7 Å². The second-order valence-electron chi connectivity index (χ2n) is 6.91. The normalized spacial score (nSPS) is 14.6. The van der Waals surface area contributed by atoms with Crippen LogP contribution in [-0.4, -0.2) is 32.0 Å². The number of ether oxygens (including phenoxy) is 1. The van der Waals surface area contributed by atoms with Gasteiger partial charge in [0.2, 0.25) is 0 Å². The number of benzene rings is 2. The second-order valence-corrected chi connectivity index (χ2v) is 8.10. The summed E-state index contributed by atoms with van der Waals surface area (Å²) in [6.07, 6.45) is 1.92. The van der Waals surface area contributed by atoms with E-state index in [0.29, 0.717) is 41.4 Å². The number of rotatable bonds is 3. The molecule has 0 spiro atoms. The number of hydrogen-bond donors (Lipinski definition) is 1. The van der Waals surface area contributed by atoms with Crippen LogP contribution in [0.3, 0.4) is 0 Å². The summed E-state index contributed by atoms with van der Waals surface area (Å²) in [5.74, 6) is 1.15. The fourth-order valence-corrected chi connectivity index (χ4v) is 4.39. The molecule has 9 heteroatoms. The number of aromatic nitrogens is 3. The highest BCUT2D eigenvalue weighted by Gasteiger charge is 2.21. The van der Waals surface area contributed by atoms with Gasteiger partial charge in [-0.25, -0.2) is 9.37 Å². The van der Waals surface area contributed by atoms with Crippen molar-refractivity contribution >= 4 is 39.2 Å². The molecule has 2 N–H and O–H groups in total. The summed E-state index contributed by atoms with van der Waals surface area (Å²) in [6, 6.07) is 10.6. The number of anilines is 1. The standard InChI is InChI=1S/C20H17ClFN5OS/c21-16-9-15(27-4-3-12-7-14(22)1-2-17(12)27)8-13-10-26(5-6-28-19(13)16)11-18-24-20(23)29-25-18/h1-4,7-9H,5-6,10-11H2,(H2,23,24,25). The summed E-state index contributed by atoms with van der Waals surface area (Å²) in [5.41, 5.74) is 8.49. The van der Waals surface area contributed by atoms with E-state index >= 15 is 0 Å². The van der Waals surface area contributed by atoms with Gasteiger partial charge in [0.15, 0.2) is 11.0 Å². The molecule has 0 aliphatic carbocycles. The number of nitrogen functional groups attached to an aromatic ring is 1. The molecule has 4 aromatic rings. The molecule has 0 radical (unpaired) electrons. The maximum atomic E-state index is 13.5. The van der Waals surface area contributed by atoms with Gasteiger partial charge in [-0.15, -0.1) is 0 Å². The van der Waals surface area contributed by atoms with Crippen molar-refractivity contribution in [3.05, 3.63) is 64.8 Å². The van der Waals surface area contributed by atoms with E-state index < -0.39 is 0 Å². The zero-order valence-electron chi connectivity index (χ0n) is 15.3. The second kappa shape index (κ2) is 7.29. The molecule has 0 fully saturated rings. The van der Waals surface area contributed by atoms with Gasteiger partial charge in [-0.2, -0.15) is 4.37 Å². The minimum absolute atomic E-state index is 0.254. The summed E-state index contributed by atoms with van der Waals surface area (Å²) in [5, 5.41) is 1.85. The molecule has 1 aliphatic rings. The first-order valence-corrected chi connectivity index (χ1v) is 10.2. The lowest BCUT2D eigenvalue weighted by Gasteiger charge is -2.18. The molecule has 2 aromatic carbocycles. The van der Waals surface area contributed by atoms with Gasteiger partial charge in [-0.1, -0.05) is 11.6 Å². The molecule has 0 saturated heterocycles. The van der Waals surface area contributed by atoms with E-state index in [-0.39, 0.29) is 5.82 Å². The Balaban J connectivity index is 1.51. The van der Waals surface area contributed by atoms with Gasteiger partial charge in [0, 0.05) is 47.5 Å². The van der Waals surface area contributed by atoms with Gasteiger partial charge in [0.1, 0.15) is 18.2 Å². The van der Waals surface area contributed by atoms with Gasteiger partial charge in [-0.3, -0.25) is 4.90 Å². The van der Waals surface area contributed by atoms with Crippen molar-refractivity contribution in [2.24, 2.45) is 0 Å². The Labute approximate surface area is 175 Å². The minimum atomic E-state index is -0.254. The largest absolute Gasteiger partial charge is 0.490 e. The van der Waals surface area contributed by atoms with E-state index in [1.807, 2.05) is 22.9 Å². The van der Waals surface area contributed by atoms with Gasteiger partial charge >= 0.3 is 0 Å². The third kappa shape index (κ3) is 3.55. The zero-order chi connectivity index (χ0) is 20.0. The van der Waals surface area contributed by atoms with Crippen LogP contribution in [-0.2, 0) is 13.1 Å². The number of nitrogens with zero attached hydrogens (tertiary/aromatic N) is 4. The first-order chi connectivity index (χ1) is 14.1. The Kier molecular flexibility index (Phi) is 4.61. The van der Waals surface area contributed by atoms with Crippen molar-refractivity contribution in [3.63, 3.8) is 0 Å². The van der Waals surface area contributed by atoms with Gasteiger partial charge < -0.3 is 15.0 Å². The molecule has 0 bridgehead atoms. The van der Waals surface area contributed by atoms with E-state index in [9.17, 15) is 4.39 Å². The van der Waals surface area contributed by atoms with Gasteiger partial charge in [-0.05, 0) is 36.4 Å². The third-order valence-corrected chi connectivity index (χ3v) is 5.79. The summed E-state index contributed by atoms with van der Waals surface area (Å²) in [4.78, 5) is 6.46. The average molecular weight is 430 g/mol. The third-order valence-electron chi connectivity index (χ3n) is 4.93. The average Bonchev–Trinajstić information content (AvgIpc) is 3.22. The molecular formula is C20H17ClFN5OS. The van der Waals surface area contributed by atoms with Gasteiger partial charge in [0.25, 0.3) is 0 Å². The molecular weight excluding hydrogens is 413 g/mol. The first-order valence-electron chi connectivity index (χ1n) is 9.09. The van der Waals surface area contributed by atoms with Crippen molar-refractivity contribution < 1.29 is 9.13 Å². The topological polar surface area (TPSA) is 69.2 Å². The van der Waals surface area contributed by atoms with Crippen LogP contribution in [0.15, 0.2) is 42.6 Å². The number of nitrogens with two attached hydrogens (primary N) is 1. The van der Waals surface area contributed by atoms with E-state index in [1.165, 1.54) is 23.7 Å². The zero-order valence-corrected chi connectivity index (χ0v) is 16.9. The Morgan fingerprint density at radius 3 is 2.97 bits per heavy atom. The summed E-state index contributed by atoms with van der Waals surface area (Å²) in [7, 11) is 0. The van der Waals surface area contributed by atoms with E-state index in [2.05, 4.69) is 20.3 Å². The van der Waals surface area contributed by atoms with Crippen LogP contribution in [0.4, 0.5) is 9.52 Å². The molecule has 148 valence electrons. The molecule has 0 saturated carbocycles. The SMILES string of the molecule is Nc1nc(CN2CCOc3c(Cl)cc(-n4ccc5cc(F)ccc54)cc3C2)ns1. The molecule has 0 atom stereocenters. The minimum Gasteiger partial charge on any atom is -0.490 e. The Hall–Kier alpha value is -2.68. The first kappa shape index (κ1) is 18.4. The molecule has 0 unspecified atom stereocenters. The maximum absolute atomic E-state index is 13.5. The van der Waals surface area contributed by atoms with Crippen molar-refractivity contribution in [2.75, 3.05) is 18.9 Å². The van der Waals surface area contributed by atoms with Crippen molar-refractivity contribution in [2.45, 2.75) is 13.1 Å². The van der Waals surface area contributed by atoms with Crippen LogP contribution in [0.25, 0.3) is 16.6 Å². The monoisotopic (exact) mass is 429 g/mol. The van der Waals surface area contributed by atoms with Crippen LogP contribution in [0.5, 0.6) is 5.75 Å². The predicted octanol–water partition coefficient (Wildman–Crippen LogP) is 4.25. The lowest BCUT2D eigenvalue weighted by atomic mass is 10.1. The van der Waals surface area contributed by atoms with E-state index in [4.69, 9.17) is 22.1 Å². The van der Waals surface area contributed by atoms with Crippen LogP contribution in [0.2, 0.25) is 5.02 Å². The highest BCUT2D eigenvalue weighted by molar-refractivity contribution is 7.09. The number of fused-ring (bicyclic) bond motifs is 2. The lowest BCUT2D eigenvalue weighted by molar-refractivity contribution is 0.216. The maximum Gasteiger partial charge on any atom is 0.199 e. The molecule has 29 heavy (non-hydrogen) atoms. The molecule has 6 nitrogen and oxygen atoms in total. The summed E-state index contributed by atoms with van der Waals surface area (Å²) >= 11 is 7.76. The fraction of sp³-hybridized carbons (Fsp3) is 0.200. The quantitative estimate of drug-likeness (QED) is 0.527. The van der Waals surface area contributed by atoms with Crippen LogP contribution < -0.4 is 10.5 Å². The van der Waals surface area contributed by atoms with E-state index in [1.54, 1.807) is 6.07 Å². The number of halogens is 2.